The first-order valence-electron chi connectivity index (χ1n) is 10.3. The van der Waals surface area contributed by atoms with Crippen LogP contribution in [0.1, 0.15) is 16.8 Å². The van der Waals surface area contributed by atoms with Crippen LogP contribution in [0.15, 0.2) is 82.7 Å². The summed E-state index contributed by atoms with van der Waals surface area (Å²) in [7, 11) is 0. The summed E-state index contributed by atoms with van der Waals surface area (Å²) in [5.41, 5.74) is 3.46. The number of carbonyl (C=O) groups is 2. The summed E-state index contributed by atoms with van der Waals surface area (Å²) in [5, 5.41) is 8.21. The molecule has 0 radical (unpaired) electrons. The number of hydrogen-bond donors (Lipinski definition) is 1. The smallest absolute Gasteiger partial charge is 0.265 e. The normalized spacial score (nSPS) is 15.2. The molecule has 1 saturated heterocycles. The van der Waals surface area contributed by atoms with Crippen molar-refractivity contribution in [2.45, 2.75) is 23.8 Å². The van der Waals surface area contributed by atoms with Gasteiger partial charge in [-0.15, -0.1) is 6.58 Å². The maximum atomic E-state index is 13.1. The van der Waals surface area contributed by atoms with Gasteiger partial charge in [0.1, 0.15) is 10.6 Å². The Hall–Kier alpha value is -3.49. The second-order valence-corrected chi connectivity index (χ2v) is 8.94. The Morgan fingerprint density at radius 3 is 2.45 bits per heavy atom. The molecule has 166 valence electrons. The molecule has 6 nitrogen and oxygen atoms in total. The van der Waals surface area contributed by atoms with Crippen LogP contribution in [0.3, 0.4) is 0 Å². The van der Waals surface area contributed by atoms with Gasteiger partial charge in [0, 0.05) is 17.0 Å². The SMILES string of the molecule is C=CCN1C(=O)C(=Cc2c(C)nn(-c3ccccc3)c2Sc2ccc(C)cc2)C(=O)NC1=S. The van der Waals surface area contributed by atoms with E-state index in [-0.39, 0.29) is 17.2 Å². The van der Waals surface area contributed by atoms with Gasteiger partial charge in [-0.3, -0.25) is 19.8 Å². The topological polar surface area (TPSA) is 67.2 Å². The molecule has 2 amide bonds. The largest absolute Gasteiger partial charge is 0.298 e. The van der Waals surface area contributed by atoms with E-state index in [9.17, 15) is 9.59 Å². The van der Waals surface area contributed by atoms with Crippen molar-refractivity contribution in [3.05, 3.63) is 89.6 Å². The molecule has 33 heavy (non-hydrogen) atoms. The molecule has 1 N–H and O–H groups in total. The number of hydrogen-bond acceptors (Lipinski definition) is 5. The van der Waals surface area contributed by atoms with E-state index in [2.05, 4.69) is 11.9 Å². The zero-order valence-corrected chi connectivity index (χ0v) is 19.9. The van der Waals surface area contributed by atoms with Gasteiger partial charge in [-0.25, -0.2) is 4.68 Å². The van der Waals surface area contributed by atoms with Crippen molar-refractivity contribution in [3.63, 3.8) is 0 Å². The highest BCUT2D eigenvalue weighted by molar-refractivity contribution is 7.99. The number of aryl methyl sites for hydroxylation is 2. The minimum absolute atomic E-state index is 0.00641. The van der Waals surface area contributed by atoms with Crippen molar-refractivity contribution in [1.82, 2.24) is 20.0 Å². The Labute approximate surface area is 202 Å². The fourth-order valence-electron chi connectivity index (χ4n) is 3.38. The van der Waals surface area contributed by atoms with E-state index < -0.39 is 11.8 Å². The average Bonchev–Trinajstić information content (AvgIpc) is 3.11. The van der Waals surface area contributed by atoms with Crippen LogP contribution in [-0.2, 0) is 9.59 Å². The maximum Gasteiger partial charge on any atom is 0.265 e. The van der Waals surface area contributed by atoms with Crippen LogP contribution in [0.25, 0.3) is 11.8 Å². The van der Waals surface area contributed by atoms with E-state index >= 15 is 0 Å². The molecule has 2 heterocycles. The van der Waals surface area contributed by atoms with Gasteiger partial charge in [0.05, 0.1) is 11.4 Å². The number of amides is 2. The third kappa shape index (κ3) is 4.67. The van der Waals surface area contributed by atoms with Crippen molar-refractivity contribution in [1.29, 1.82) is 0 Å². The minimum Gasteiger partial charge on any atom is -0.298 e. The van der Waals surface area contributed by atoms with Gasteiger partial charge in [-0.2, -0.15) is 5.10 Å². The first-order chi connectivity index (χ1) is 15.9. The van der Waals surface area contributed by atoms with E-state index in [1.165, 1.54) is 16.7 Å². The summed E-state index contributed by atoms with van der Waals surface area (Å²) < 4.78 is 1.84. The lowest BCUT2D eigenvalue weighted by Crippen LogP contribution is -2.53. The van der Waals surface area contributed by atoms with Crippen LogP contribution in [0.4, 0.5) is 0 Å². The van der Waals surface area contributed by atoms with Crippen LogP contribution in [0, 0.1) is 13.8 Å². The van der Waals surface area contributed by atoms with Crippen molar-refractivity contribution in [2.75, 3.05) is 6.54 Å². The highest BCUT2D eigenvalue weighted by Crippen LogP contribution is 2.35. The molecular weight excluding hydrogens is 452 g/mol. The van der Waals surface area contributed by atoms with Gasteiger partial charge in [-0.05, 0) is 56.4 Å². The van der Waals surface area contributed by atoms with Crippen molar-refractivity contribution >= 4 is 47.0 Å². The molecule has 0 unspecified atom stereocenters. The standard InChI is InChI=1S/C25H22N4O2S2/c1-4-14-28-23(31)21(22(30)26-25(28)32)15-20-17(3)27-29(18-8-6-5-7-9-18)24(20)33-19-12-10-16(2)11-13-19/h4-13,15H,1,14H2,2-3H3,(H,26,30,32). The van der Waals surface area contributed by atoms with Gasteiger partial charge in [-0.1, -0.05) is 53.7 Å². The lowest BCUT2D eigenvalue weighted by molar-refractivity contribution is -0.128. The predicted molar refractivity (Wildman–Crippen MR) is 134 cm³/mol. The number of benzene rings is 2. The summed E-state index contributed by atoms with van der Waals surface area (Å²) >= 11 is 6.68. The Morgan fingerprint density at radius 1 is 1.09 bits per heavy atom. The summed E-state index contributed by atoms with van der Waals surface area (Å²) in [4.78, 5) is 28.1. The molecule has 1 fully saturated rings. The van der Waals surface area contributed by atoms with Crippen LogP contribution in [0.5, 0.6) is 0 Å². The van der Waals surface area contributed by atoms with Gasteiger partial charge in [0.15, 0.2) is 5.11 Å². The monoisotopic (exact) mass is 474 g/mol. The molecular formula is C25H22N4O2S2. The van der Waals surface area contributed by atoms with E-state index in [1.54, 1.807) is 12.2 Å². The van der Waals surface area contributed by atoms with Gasteiger partial charge in [0.2, 0.25) is 0 Å². The summed E-state index contributed by atoms with van der Waals surface area (Å²) in [6.07, 6.45) is 3.17. The molecule has 0 bridgehead atoms. The predicted octanol–water partition coefficient (Wildman–Crippen LogP) is 4.45. The Balaban J connectivity index is 1.85. The zero-order chi connectivity index (χ0) is 23.5. The summed E-state index contributed by atoms with van der Waals surface area (Å²) in [5.74, 6) is -0.981. The van der Waals surface area contributed by atoms with Gasteiger partial charge >= 0.3 is 0 Å². The van der Waals surface area contributed by atoms with Gasteiger partial charge < -0.3 is 0 Å². The first-order valence-corrected chi connectivity index (χ1v) is 11.5. The van der Waals surface area contributed by atoms with Crippen molar-refractivity contribution in [3.8, 4) is 5.69 Å². The molecule has 0 saturated carbocycles. The molecule has 8 heteroatoms. The molecule has 1 aliphatic heterocycles. The third-order valence-corrected chi connectivity index (χ3v) is 6.50. The zero-order valence-electron chi connectivity index (χ0n) is 18.2. The Kier molecular flexibility index (Phi) is 6.57. The fourth-order valence-corrected chi connectivity index (χ4v) is 4.67. The number of para-hydroxylation sites is 1. The minimum atomic E-state index is -0.525. The second kappa shape index (κ2) is 9.56. The number of nitrogens with one attached hydrogen (secondary N) is 1. The van der Waals surface area contributed by atoms with E-state index in [4.69, 9.17) is 17.3 Å². The summed E-state index contributed by atoms with van der Waals surface area (Å²) in [6, 6.07) is 17.9. The Bertz CT molecular complexity index is 1280. The van der Waals surface area contributed by atoms with Crippen molar-refractivity contribution < 1.29 is 9.59 Å². The highest BCUT2D eigenvalue weighted by Gasteiger charge is 2.33. The lowest BCUT2D eigenvalue weighted by atomic mass is 10.1. The molecule has 0 spiro atoms. The third-order valence-electron chi connectivity index (χ3n) is 5.08. The van der Waals surface area contributed by atoms with E-state index in [1.807, 2.05) is 73.1 Å². The average molecular weight is 475 g/mol. The van der Waals surface area contributed by atoms with Crippen LogP contribution < -0.4 is 5.32 Å². The van der Waals surface area contributed by atoms with E-state index in [0.717, 1.165) is 21.2 Å². The second-order valence-electron chi connectivity index (χ2n) is 7.49. The molecule has 1 aliphatic rings. The number of thiocarbonyl (C=S) groups is 1. The quantitative estimate of drug-likeness (QED) is 0.247. The highest BCUT2D eigenvalue weighted by atomic mass is 32.2. The lowest BCUT2D eigenvalue weighted by Gasteiger charge is -2.27. The van der Waals surface area contributed by atoms with E-state index in [0.29, 0.717) is 11.3 Å². The molecule has 1 aromatic heterocycles. The molecule has 0 atom stereocenters. The Morgan fingerprint density at radius 2 is 1.79 bits per heavy atom. The van der Waals surface area contributed by atoms with Crippen LogP contribution in [0.2, 0.25) is 0 Å². The van der Waals surface area contributed by atoms with Crippen LogP contribution >= 0.6 is 24.0 Å². The maximum absolute atomic E-state index is 13.1. The fraction of sp³-hybridized carbons (Fsp3) is 0.120. The number of rotatable bonds is 6. The number of carbonyl (C=O) groups excluding carboxylic acids is 2. The number of nitrogens with zero attached hydrogens (tertiary/aromatic N) is 3. The molecule has 4 rings (SSSR count). The number of aromatic nitrogens is 2. The van der Waals surface area contributed by atoms with Crippen LogP contribution in [-0.4, -0.2) is 38.2 Å². The van der Waals surface area contributed by atoms with Gasteiger partial charge in [0.25, 0.3) is 11.8 Å². The molecule has 3 aromatic rings. The molecule has 0 aliphatic carbocycles. The first kappa shape index (κ1) is 22.7. The summed E-state index contributed by atoms with van der Waals surface area (Å²) in [6.45, 7) is 7.78. The van der Waals surface area contributed by atoms with Crippen molar-refractivity contribution in [2.24, 2.45) is 0 Å². The molecule has 2 aromatic carbocycles.